The van der Waals surface area contributed by atoms with Crippen LogP contribution in [0.4, 0.5) is 0 Å². The molecular weight excluding hydrogens is 426 g/mol. The van der Waals surface area contributed by atoms with Crippen LogP contribution in [0, 0.1) is 13.8 Å². The zero-order valence-electron chi connectivity index (χ0n) is 18.7. The summed E-state index contributed by atoms with van der Waals surface area (Å²) in [6.07, 6.45) is 1.48. The van der Waals surface area contributed by atoms with E-state index in [9.17, 15) is 13.2 Å². The summed E-state index contributed by atoms with van der Waals surface area (Å²) in [5, 5.41) is 4.10. The lowest BCUT2D eigenvalue weighted by Gasteiger charge is -2.17. The van der Waals surface area contributed by atoms with Crippen molar-refractivity contribution in [3.05, 3.63) is 71.5 Å². The second-order valence-electron chi connectivity index (χ2n) is 7.88. The Labute approximate surface area is 189 Å². The Balaban J connectivity index is 1.42. The smallest absolute Gasteiger partial charge is 0.240 e. The molecule has 0 aliphatic heterocycles. The van der Waals surface area contributed by atoms with E-state index in [1.807, 2.05) is 49.4 Å². The third-order valence-electron chi connectivity index (χ3n) is 5.24. The van der Waals surface area contributed by atoms with E-state index in [4.69, 9.17) is 4.52 Å². The highest BCUT2D eigenvalue weighted by Gasteiger charge is 2.18. The van der Waals surface area contributed by atoms with E-state index in [2.05, 4.69) is 9.88 Å². The summed E-state index contributed by atoms with van der Waals surface area (Å²) in [5.74, 6) is 0.655. The normalized spacial score (nSPS) is 11.5. The van der Waals surface area contributed by atoms with E-state index in [1.165, 1.54) is 0 Å². The molecule has 0 atom stereocenters. The average Bonchev–Trinajstić information content (AvgIpc) is 3.24. The van der Waals surface area contributed by atoms with E-state index < -0.39 is 10.0 Å². The fraction of sp³-hybridized carbons (Fsp3) is 0.333. The average molecular weight is 456 g/mol. The Bertz CT molecular complexity index is 1160. The van der Waals surface area contributed by atoms with Crippen molar-refractivity contribution in [3.63, 3.8) is 0 Å². The highest BCUT2D eigenvalue weighted by molar-refractivity contribution is 7.89. The molecule has 8 heteroatoms. The SMILES string of the molecule is Cc1ccc(C)c(S(=O)(=O)NCCC(=O)N(C)CCCc2cc(-c3ccccc3)no2)c1. The van der Waals surface area contributed by atoms with Gasteiger partial charge in [-0.25, -0.2) is 13.1 Å². The molecule has 3 aromatic rings. The van der Waals surface area contributed by atoms with Crippen LogP contribution in [0.5, 0.6) is 0 Å². The number of sulfonamides is 1. The summed E-state index contributed by atoms with van der Waals surface area (Å²) in [5.41, 5.74) is 3.34. The van der Waals surface area contributed by atoms with Gasteiger partial charge in [0.05, 0.1) is 4.90 Å². The molecule has 0 saturated heterocycles. The molecule has 2 aromatic carbocycles. The number of nitrogens with one attached hydrogen (secondary N) is 1. The molecule has 1 amide bonds. The molecule has 1 N–H and O–H groups in total. The van der Waals surface area contributed by atoms with E-state index in [0.717, 1.165) is 29.0 Å². The van der Waals surface area contributed by atoms with Crippen LogP contribution in [0.15, 0.2) is 64.0 Å². The largest absolute Gasteiger partial charge is 0.361 e. The first-order chi connectivity index (χ1) is 15.3. The van der Waals surface area contributed by atoms with Crippen molar-refractivity contribution in [2.45, 2.75) is 38.0 Å². The second-order valence-corrected chi connectivity index (χ2v) is 9.62. The number of aryl methyl sites for hydroxylation is 3. The van der Waals surface area contributed by atoms with Crippen LogP contribution in [0.25, 0.3) is 11.3 Å². The summed E-state index contributed by atoms with van der Waals surface area (Å²) in [6.45, 7) is 4.20. The fourth-order valence-electron chi connectivity index (χ4n) is 3.35. The lowest BCUT2D eigenvalue weighted by atomic mass is 10.1. The number of carbonyl (C=O) groups excluding carboxylic acids is 1. The highest BCUT2D eigenvalue weighted by Crippen LogP contribution is 2.19. The van der Waals surface area contributed by atoms with Crippen molar-refractivity contribution in [2.75, 3.05) is 20.1 Å². The molecule has 0 aliphatic carbocycles. The number of benzene rings is 2. The standard InChI is InChI=1S/C24H29N3O4S/c1-18-11-12-19(2)23(16-18)32(29,30)25-14-13-24(28)27(3)15-7-10-21-17-22(26-31-21)20-8-5-4-6-9-20/h4-6,8-9,11-12,16-17,25H,7,10,13-15H2,1-3H3. The van der Waals surface area contributed by atoms with Crippen molar-refractivity contribution in [3.8, 4) is 11.3 Å². The van der Waals surface area contributed by atoms with Gasteiger partial charge in [-0.2, -0.15) is 0 Å². The minimum absolute atomic E-state index is 0.0570. The molecule has 32 heavy (non-hydrogen) atoms. The van der Waals surface area contributed by atoms with E-state index in [-0.39, 0.29) is 23.8 Å². The Morgan fingerprint density at radius 1 is 1.09 bits per heavy atom. The predicted molar refractivity (Wildman–Crippen MR) is 124 cm³/mol. The molecule has 0 aliphatic rings. The number of aromatic nitrogens is 1. The van der Waals surface area contributed by atoms with Crippen molar-refractivity contribution in [2.24, 2.45) is 0 Å². The molecule has 7 nitrogen and oxygen atoms in total. The number of rotatable bonds is 10. The van der Waals surface area contributed by atoms with Gasteiger partial charge in [0, 0.05) is 44.6 Å². The monoisotopic (exact) mass is 455 g/mol. The first-order valence-electron chi connectivity index (χ1n) is 10.6. The summed E-state index contributed by atoms with van der Waals surface area (Å²) in [4.78, 5) is 14.2. The first kappa shape index (κ1) is 23.7. The molecule has 0 spiro atoms. The number of hydrogen-bond acceptors (Lipinski definition) is 5. The molecule has 1 aromatic heterocycles. The maximum Gasteiger partial charge on any atom is 0.240 e. The third kappa shape index (κ3) is 6.27. The fourth-order valence-corrected chi connectivity index (χ4v) is 4.71. The van der Waals surface area contributed by atoms with Crippen molar-refractivity contribution in [1.82, 2.24) is 14.8 Å². The van der Waals surface area contributed by atoms with Crippen LogP contribution in [0.3, 0.4) is 0 Å². The van der Waals surface area contributed by atoms with Gasteiger partial charge in [0.15, 0.2) is 0 Å². The Morgan fingerprint density at radius 3 is 2.59 bits per heavy atom. The van der Waals surface area contributed by atoms with E-state index in [1.54, 1.807) is 31.0 Å². The molecule has 0 saturated carbocycles. The highest BCUT2D eigenvalue weighted by atomic mass is 32.2. The van der Waals surface area contributed by atoms with Crippen LogP contribution in [0.2, 0.25) is 0 Å². The number of amides is 1. The van der Waals surface area contributed by atoms with Crippen molar-refractivity contribution in [1.29, 1.82) is 0 Å². The van der Waals surface area contributed by atoms with Crippen LogP contribution in [-0.2, 0) is 21.2 Å². The van der Waals surface area contributed by atoms with Crippen LogP contribution < -0.4 is 4.72 Å². The molecule has 3 rings (SSSR count). The zero-order chi connectivity index (χ0) is 23.1. The van der Waals surface area contributed by atoms with Gasteiger partial charge in [0.1, 0.15) is 11.5 Å². The molecule has 1 heterocycles. The molecule has 0 bridgehead atoms. The Morgan fingerprint density at radius 2 is 1.84 bits per heavy atom. The lowest BCUT2D eigenvalue weighted by Crippen LogP contribution is -2.33. The molecule has 170 valence electrons. The maximum atomic E-state index is 12.5. The van der Waals surface area contributed by atoms with Gasteiger partial charge >= 0.3 is 0 Å². The van der Waals surface area contributed by atoms with Gasteiger partial charge in [-0.15, -0.1) is 0 Å². The van der Waals surface area contributed by atoms with Gasteiger partial charge in [0.2, 0.25) is 15.9 Å². The van der Waals surface area contributed by atoms with Crippen LogP contribution in [-0.4, -0.2) is 44.5 Å². The Hall–Kier alpha value is -2.97. The van der Waals surface area contributed by atoms with E-state index >= 15 is 0 Å². The van der Waals surface area contributed by atoms with Crippen molar-refractivity contribution >= 4 is 15.9 Å². The quantitative estimate of drug-likeness (QED) is 0.503. The van der Waals surface area contributed by atoms with Gasteiger partial charge < -0.3 is 9.42 Å². The third-order valence-corrected chi connectivity index (χ3v) is 6.84. The van der Waals surface area contributed by atoms with Gasteiger partial charge in [-0.05, 0) is 37.5 Å². The van der Waals surface area contributed by atoms with Gasteiger partial charge in [0.25, 0.3) is 0 Å². The summed E-state index contributed by atoms with van der Waals surface area (Å²) in [7, 11) is -1.93. The first-order valence-corrected chi connectivity index (χ1v) is 12.1. The second kappa shape index (κ2) is 10.6. The predicted octanol–water partition coefficient (Wildman–Crippen LogP) is 3.72. The lowest BCUT2D eigenvalue weighted by molar-refractivity contribution is -0.129. The summed E-state index contributed by atoms with van der Waals surface area (Å²) in [6, 6.07) is 17.0. The molecule has 0 fully saturated rings. The van der Waals surface area contributed by atoms with Gasteiger partial charge in [-0.3, -0.25) is 4.79 Å². The van der Waals surface area contributed by atoms with Gasteiger partial charge in [-0.1, -0.05) is 47.6 Å². The Kier molecular flexibility index (Phi) is 7.82. The van der Waals surface area contributed by atoms with E-state index in [0.29, 0.717) is 18.5 Å². The number of nitrogens with zero attached hydrogens (tertiary/aromatic N) is 2. The maximum absolute atomic E-state index is 12.5. The molecule has 0 radical (unpaired) electrons. The summed E-state index contributed by atoms with van der Waals surface area (Å²) < 4.78 is 33.0. The number of carbonyl (C=O) groups is 1. The summed E-state index contributed by atoms with van der Waals surface area (Å²) >= 11 is 0. The zero-order valence-corrected chi connectivity index (χ0v) is 19.5. The number of hydrogen-bond donors (Lipinski definition) is 1. The topological polar surface area (TPSA) is 92.5 Å². The van der Waals surface area contributed by atoms with Crippen LogP contribution in [0.1, 0.15) is 29.7 Å². The van der Waals surface area contributed by atoms with Crippen LogP contribution >= 0.6 is 0 Å². The minimum atomic E-state index is -3.65. The molecule has 0 unspecified atom stereocenters. The molecular formula is C24H29N3O4S. The van der Waals surface area contributed by atoms with Crippen molar-refractivity contribution < 1.29 is 17.7 Å². The minimum Gasteiger partial charge on any atom is -0.361 e.